The Morgan fingerprint density at radius 1 is 1.48 bits per heavy atom. The molecular formula is C17H28O4. The van der Waals surface area contributed by atoms with Crippen molar-refractivity contribution < 1.29 is 19.7 Å². The van der Waals surface area contributed by atoms with Gasteiger partial charge >= 0.3 is 5.97 Å². The van der Waals surface area contributed by atoms with Gasteiger partial charge in [-0.2, -0.15) is 0 Å². The van der Waals surface area contributed by atoms with Gasteiger partial charge in [0.1, 0.15) is 6.10 Å². The fourth-order valence-electron chi connectivity index (χ4n) is 2.74. The Balaban J connectivity index is 2.95. The molecular weight excluding hydrogens is 268 g/mol. The maximum atomic E-state index is 11.2. The van der Waals surface area contributed by atoms with Gasteiger partial charge in [-0.1, -0.05) is 12.2 Å². The number of allylic oxidation sites excluding steroid dienone is 1. The zero-order chi connectivity index (χ0) is 16.2. The van der Waals surface area contributed by atoms with Crippen LogP contribution in [0.4, 0.5) is 0 Å². The van der Waals surface area contributed by atoms with E-state index in [1.165, 1.54) is 6.92 Å². The predicted molar refractivity (Wildman–Crippen MR) is 82.7 cm³/mol. The van der Waals surface area contributed by atoms with Crippen molar-refractivity contribution in [2.75, 3.05) is 0 Å². The number of aliphatic hydroxyl groups excluding tert-OH is 1. The second-order valence-corrected chi connectivity index (χ2v) is 6.66. The van der Waals surface area contributed by atoms with Crippen molar-refractivity contribution in [1.82, 2.24) is 0 Å². The lowest BCUT2D eigenvalue weighted by Crippen LogP contribution is -2.35. The summed E-state index contributed by atoms with van der Waals surface area (Å²) in [5, 5.41) is 20.5. The summed E-state index contributed by atoms with van der Waals surface area (Å²) in [6.07, 6.45) is 3.34. The molecule has 0 aromatic heterocycles. The molecule has 0 aromatic carbocycles. The molecule has 120 valence electrons. The number of carbonyl (C=O) groups is 1. The van der Waals surface area contributed by atoms with E-state index in [0.717, 1.165) is 18.4 Å². The molecule has 4 nitrogen and oxygen atoms in total. The first-order chi connectivity index (χ1) is 9.59. The van der Waals surface area contributed by atoms with Gasteiger partial charge in [0.25, 0.3) is 0 Å². The van der Waals surface area contributed by atoms with E-state index >= 15 is 0 Å². The lowest BCUT2D eigenvalue weighted by molar-refractivity contribution is -0.144. The van der Waals surface area contributed by atoms with E-state index in [-0.39, 0.29) is 18.0 Å². The Kier molecular flexibility index (Phi) is 6.17. The highest BCUT2D eigenvalue weighted by Gasteiger charge is 2.30. The summed E-state index contributed by atoms with van der Waals surface area (Å²) in [6, 6.07) is 0. The van der Waals surface area contributed by atoms with Crippen molar-refractivity contribution in [3.63, 3.8) is 0 Å². The first-order valence-electron chi connectivity index (χ1n) is 7.52. The van der Waals surface area contributed by atoms with Crippen molar-refractivity contribution in [2.24, 2.45) is 5.92 Å². The van der Waals surface area contributed by atoms with Gasteiger partial charge in [0.05, 0.1) is 11.7 Å². The molecule has 0 amide bonds. The third-order valence-electron chi connectivity index (χ3n) is 4.12. The van der Waals surface area contributed by atoms with Crippen LogP contribution in [0.3, 0.4) is 0 Å². The van der Waals surface area contributed by atoms with Crippen molar-refractivity contribution in [1.29, 1.82) is 0 Å². The van der Waals surface area contributed by atoms with Crippen molar-refractivity contribution >= 4 is 5.97 Å². The van der Waals surface area contributed by atoms with Crippen LogP contribution < -0.4 is 0 Å². The molecule has 0 heterocycles. The molecule has 0 aromatic rings. The Bertz CT molecular complexity index is 417. The molecule has 1 aliphatic carbocycles. The number of aliphatic hydroxyl groups is 2. The van der Waals surface area contributed by atoms with Gasteiger partial charge in [0.15, 0.2) is 0 Å². The van der Waals surface area contributed by atoms with E-state index in [1.807, 2.05) is 13.0 Å². The minimum atomic E-state index is -0.837. The molecule has 0 saturated carbocycles. The molecule has 0 fully saturated rings. The van der Waals surface area contributed by atoms with Crippen LogP contribution in [-0.4, -0.2) is 34.0 Å². The number of hydrogen-bond donors (Lipinski definition) is 2. The molecule has 0 spiro atoms. The van der Waals surface area contributed by atoms with Crippen LogP contribution in [0, 0.1) is 5.92 Å². The van der Waals surface area contributed by atoms with Crippen LogP contribution in [0.5, 0.6) is 0 Å². The smallest absolute Gasteiger partial charge is 0.303 e. The third kappa shape index (κ3) is 6.02. The lowest BCUT2D eigenvalue weighted by atomic mass is 9.79. The van der Waals surface area contributed by atoms with Gasteiger partial charge in [-0.15, -0.1) is 0 Å². The van der Waals surface area contributed by atoms with Gasteiger partial charge < -0.3 is 14.9 Å². The van der Waals surface area contributed by atoms with Crippen molar-refractivity contribution in [3.8, 4) is 0 Å². The highest BCUT2D eigenvalue weighted by molar-refractivity contribution is 5.66. The average molecular weight is 296 g/mol. The van der Waals surface area contributed by atoms with Gasteiger partial charge in [-0.3, -0.25) is 4.79 Å². The Hall–Kier alpha value is -1.13. The van der Waals surface area contributed by atoms with E-state index in [4.69, 9.17) is 4.74 Å². The first-order valence-corrected chi connectivity index (χ1v) is 7.52. The summed E-state index contributed by atoms with van der Waals surface area (Å²) in [6.45, 7) is 10.9. The van der Waals surface area contributed by atoms with Crippen LogP contribution in [0.2, 0.25) is 0 Å². The van der Waals surface area contributed by atoms with E-state index in [9.17, 15) is 15.0 Å². The molecule has 1 rings (SSSR count). The zero-order valence-electron chi connectivity index (χ0n) is 13.6. The molecule has 0 unspecified atom stereocenters. The third-order valence-corrected chi connectivity index (χ3v) is 4.12. The van der Waals surface area contributed by atoms with Crippen LogP contribution in [0.15, 0.2) is 23.8 Å². The number of rotatable bonds is 2. The van der Waals surface area contributed by atoms with Crippen LogP contribution in [0.25, 0.3) is 0 Å². The molecule has 3 atom stereocenters. The summed E-state index contributed by atoms with van der Waals surface area (Å²) in [7, 11) is 0. The Morgan fingerprint density at radius 3 is 2.62 bits per heavy atom. The largest absolute Gasteiger partial charge is 0.458 e. The minimum Gasteiger partial charge on any atom is -0.458 e. The summed E-state index contributed by atoms with van der Waals surface area (Å²) in [4.78, 5) is 11.2. The van der Waals surface area contributed by atoms with E-state index in [0.29, 0.717) is 18.4 Å². The Morgan fingerprint density at radius 2 is 2.10 bits per heavy atom. The topological polar surface area (TPSA) is 66.8 Å². The normalized spacial score (nSPS) is 31.2. The van der Waals surface area contributed by atoms with E-state index in [2.05, 4.69) is 6.58 Å². The van der Waals surface area contributed by atoms with Crippen LogP contribution in [-0.2, 0) is 9.53 Å². The Labute approximate surface area is 127 Å². The second-order valence-electron chi connectivity index (χ2n) is 6.66. The fourth-order valence-corrected chi connectivity index (χ4v) is 2.74. The number of ether oxygens (including phenoxy) is 1. The molecule has 4 heteroatoms. The van der Waals surface area contributed by atoms with Gasteiger partial charge in [-0.25, -0.2) is 0 Å². The molecule has 0 aliphatic heterocycles. The summed E-state index contributed by atoms with van der Waals surface area (Å²) in [5.41, 5.74) is 0.928. The molecule has 2 N–H and O–H groups in total. The second kappa shape index (κ2) is 7.23. The average Bonchev–Trinajstić information content (AvgIpc) is 2.30. The number of esters is 1. The molecule has 0 saturated heterocycles. The maximum Gasteiger partial charge on any atom is 0.303 e. The van der Waals surface area contributed by atoms with Crippen LogP contribution >= 0.6 is 0 Å². The van der Waals surface area contributed by atoms with Gasteiger partial charge in [0.2, 0.25) is 0 Å². The lowest BCUT2D eigenvalue weighted by Gasteiger charge is -2.33. The summed E-state index contributed by atoms with van der Waals surface area (Å²) < 4.78 is 5.27. The quantitative estimate of drug-likeness (QED) is 0.607. The zero-order valence-corrected chi connectivity index (χ0v) is 13.6. The fraction of sp³-hybridized carbons (Fsp3) is 0.706. The predicted octanol–water partition coefficient (Wildman–Crippen LogP) is 2.74. The number of carbonyl (C=O) groups excluding carboxylic acids is 1. The standard InChI is InChI=1S/C17H28O4/c1-11-6-7-14(17(4,5)20)10-16(19)12(2)9-15(8-11)21-13(3)18/h8,14-16,19-20H,2,6-7,9-10H2,1,3-5H3/b11-8+/t14-,15+,16+/m1/s1. The first kappa shape index (κ1) is 17.9. The molecule has 21 heavy (non-hydrogen) atoms. The molecule has 0 radical (unpaired) electrons. The van der Waals surface area contributed by atoms with Gasteiger partial charge in [0, 0.05) is 13.3 Å². The van der Waals surface area contributed by atoms with Crippen LogP contribution in [0.1, 0.15) is 53.4 Å². The van der Waals surface area contributed by atoms with Gasteiger partial charge in [-0.05, 0) is 57.6 Å². The van der Waals surface area contributed by atoms with E-state index in [1.54, 1.807) is 13.8 Å². The minimum absolute atomic E-state index is 0.00197. The van der Waals surface area contributed by atoms with E-state index < -0.39 is 11.7 Å². The molecule has 0 bridgehead atoms. The highest BCUT2D eigenvalue weighted by atomic mass is 16.5. The van der Waals surface area contributed by atoms with Crippen molar-refractivity contribution in [3.05, 3.63) is 23.8 Å². The summed E-state index contributed by atoms with van der Waals surface area (Å²) >= 11 is 0. The molecule has 1 aliphatic rings. The number of hydrogen-bond acceptors (Lipinski definition) is 4. The maximum absolute atomic E-state index is 11.2. The SMILES string of the molecule is C=C1C[C@@H](OC(C)=O)/C=C(\C)CC[C@@H](C(C)(C)O)C[C@@H]1O. The summed E-state index contributed by atoms with van der Waals surface area (Å²) in [5.74, 6) is -0.337. The van der Waals surface area contributed by atoms with Crippen molar-refractivity contribution in [2.45, 2.75) is 71.2 Å². The monoisotopic (exact) mass is 296 g/mol. The highest BCUT2D eigenvalue weighted by Crippen LogP contribution is 2.31.